The van der Waals surface area contributed by atoms with Crippen molar-refractivity contribution in [3.63, 3.8) is 0 Å². The topological polar surface area (TPSA) is 52.8 Å². The number of rotatable bonds is 5. The predicted molar refractivity (Wildman–Crippen MR) is 79.9 cm³/mol. The van der Waals surface area contributed by atoms with Crippen LogP contribution in [0.5, 0.6) is 5.88 Å². The molecule has 1 aromatic carbocycles. The van der Waals surface area contributed by atoms with Crippen LogP contribution in [0.1, 0.15) is 12.5 Å². The lowest BCUT2D eigenvalue weighted by atomic mass is 10.0. The Kier molecular flexibility index (Phi) is 4.27. The van der Waals surface area contributed by atoms with E-state index in [9.17, 15) is 8.78 Å². The van der Waals surface area contributed by atoms with E-state index in [0.29, 0.717) is 30.2 Å². The summed E-state index contributed by atoms with van der Waals surface area (Å²) in [5, 5.41) is 4.04. The Labute approximate surface area is 131 Å². The number of halogens is 2. The summed E-state index contributed by atoms with van der Waals surface area (Å²) in [5.74, 6) is -1.43. The van der Waals surface area contributed by atoms with Gasteiger partial charge < -0.3 is 4.74 Å². The Bertz CT molecular complexity index is 806. The molecule has 2 heterocycles. The van der Waals surface area contributed by atoms with Crippen LogP contribution in [0.2, 0.25) is 0 Å². The number of benzene rings is 1. The van der Waals surface area contributed by atoms with E-state index in [0.717, 1.165) is 17.7 Å². The minimum atomic E-state index is -0.911. The smallest absolute Gasteiger partial charge is 0.221 e. The number of aromatic nitrogens is 4. The normalized spacial score (nSPS) is 10.7. The van der Waals surface area contributed by atoms with E-state index in [2.05, 4.69) is 15.1 Å². The molecule has 0 atom stereocenters. The molecule has 0 aliphatic carbocycles. The summed E-state index contributed by atoms with van der Waals surface area (Å²) in [5.41, 5.74) is 1.95. The maximum absolute atomic E-state index is 13.5. The van der Waals surface area contributed by atoms with E-state index in [1.165, 1.54) is 12.4 Å². The molecule has 3 aromatic rings. The van der Waals surface area contributed by atoms with Gasteiger partial charge in [0.15, 0.2) is 11.6 Å². The highest BCUT2D eigenvalue weighted by Crippen LogP contribution is 2.30. The van der Waals surface area contributed by atoms with Crippen LogP contribution in [0.3, 0.4) is 0 Å². The highest BCUT2D eigenvalue weighted by atomic mass is 19.2. The maximum Gasteiger partial charge on any atom is 0.221 e. The predicted octanol–water partition coefficient (Wildman–Crippen LogP) is 3.07. The van der Waals surface area contributed by atoms with Gasteiger partial charge >= 0.3 is 0 Å². The molecule has 0 fully saturated rings. The second-order valence-corrected chi connectivity index (χ2v) is 4.85. The summed E-state index contributed by atoms with van der Waals surface area (Å²) >= 11 is 0. The maximum atomic E-state index is 13.5. The van der Waals surface area contributed by atoms with Gasteiger partial charge in [-0.25, -0.2) is 23.4 Å². The number of pyridine rings is 1. The molecule has 3 rings (SSSR count). The van der Waals surface area contributed by atoms with Crippen LogP contribution in [0.15, 0.2) is 43.1 Å². The summed E-state index contributed by atoms with van der Waals surface area (Å²) < 4.78 is 33.8. The minimum Gasteiger partial charge on any atom is -0.478 e. The van der Waals surface area contributed by atoms with Crippen LogP contribution < -0.4 is 4.74 Å². The number of ether oxygens (including phenoxy) is 1. The van der Waals surface area contributed by atoms with Gasteiger partial charge in [-0.05, 0) is 36.2 Å². The van der Waals surface area contributed by atoms with Crippen LogP contribution in [-0.4, -0.2) is 26.4 Å². The quantitative estimate of drug-likeness (QED) is 0.726. The van der Waals surface area contributed by atoms with Crippen molar-refractivity contribution in [3.8, 4) is 17.0 Å². The molecule has 118 valence electrons. The lowest BCUT2D eigenvalue weighted by molar-refractivity contribution is 0.328. The summed E-state index contributed by atoms with van der Waals surface area (Å²) in [6.07, 6.45) is 4.70. The monoisotopic (exact) mass is 316 g/mol. The molecule has 23 heavy (non-hydrogen) atoms. The third-order valence-electron chi connectivity index (χ3n) is 3.23. The number of nitrogens with zero attached hydrogens (tertiary/aromatic N) is 4. The Morgan fingerprint density at radius 1 is 1.17 bits per heavy atom. The van der Waals surface area contributed by atoms with Crippen molar-refractivity contribution in [1.82, 2.24) is 19.7 Å². The zero-order valence-corrected chi connectivity index (χ0v) is 12.4. The summed E-state index contributed by atoms with van der Waals surface area (Å²) in [7, 11) is 0. The zero-order chi connectivity index (χ0) is 16.2. The van der Waals surface area contributed by atoms with Crippen LogP contribution in [0, 0.1) is 11.6 Å². The fourth-order valence-electron chi connectivity index (χ4n) is 2.21. The molecule has 0 saturated carbocycles. The molecular weight excluding hydrogens is 302 g/mol. The van der Waals surface area contributed by atoms with Crippen molar-refractivity contribution in [2.45, 2.75) is 13.5 Å². The molecule has 0 bridgehead atoms. The van der Waals surface area contributed by atoms with Crippen LogP contribution in [0.4, 0.5) is 8.78 Å². The van der Waals surface area contributed by atoms with Gasteiger partial charge in [-0.15, -0.1) is 0 Å². The first kappa shape index (κ1) is 15.1. The van der Waals surface area contributed by atoms with E-state index in [-0.39, 0.29) is 0 Å². The van der Waals surface area contributed by atoms with Gasteiger partial charge in [0.2, 0.25) is 5.88 Å². The summed E-state index contributed by atoms with van der Waals surface area (Å²) in [6, 6.07) is 5.54. The highest BCUT2D eigenvalue weighted by Gasteiger charge is 2.12. The van der Waals surface area contributed by atoms with Gasteiger partial charge in [0.1, 0.15) is 12.7 Å². The average Bonchev–Trinajstić information content (AvgIpc) is 3.05. The van der Waals surface area contributed by atoms with Crippen molar-refractivity contribution in [1.29, 1.82) is 0 Å². The third kappa shape index (κ3) is 3.33. The molecule has 7 heteroatoms. The average molecular weight is 316 g/mol. The Hall–Kier alpha value is -2.83. The van der Waals surface area contributed by atoms with Crippen molar-refractivity contribution >= 4 is 0 Å². The molecule has 0 saturated heterocycles. The Morgan fingerprint density at radius 3 is 2.74 bits per heavy atom. The van der Waals surface area contributed by atoms with Crippen molar-refractivity contribution < 1.29 is 13.5 Å². The first-order chi connectivity index (χ1) is 11.2. The molecular formula is C16H14F2N4O. The van der Waals surface area contributed by atoms with Crippen molar-refractivity contribution in [3.05, 3.63) is 60.3 Å². The molecule has 2 aromatic heterocycles. The molecule has 0 radical (unpaired) electrons. The van der Waals surface area contributed by atoms with E-state index < -0.39 is 11.6 Å². The van der Waals surface area contributed by atoms with Gasteiger partial charge in [0.25, 0.3) is 0 Å². The second-order valence-electron chi connectivity index (χ2n) is 4.85. The lowest BCUT2D eigenvalue weighted by Gasteiger charge is -2.11. The second kappa shape index (κ2) is 6.51. The molecule has 0 aliphatic heterocycles. The molecule has 0 spiro atoms. The minimum absolute atomic E-state index is 0.376. The molecule has 0 amide bonds. The van der Waals surface area contributed by atoms with Crippen molar-refractivity contribution in [2.24, 2.45) is 0 Å². The van der Waals surface area contributed by atoms with Crippen LogP contribution in [-0.2, 0) is 6.54 Å². The van der Waals surface area contributed by atoms with E-state index in [4.69, 9.17) is 4.74 Å². The lowest BCUT2D eigenvalue weighted by Crippen LogP contribution is -2.03. The zero-order valence-electron chi connectivity index (χ0n) is 12.4. The summed E-state index contributed by atoms with van der Waals surface area (Å²) in [4.78, 5) is 8.16. The molecule has 0 aliphatic rings. The fourth-order valence-corrected chi connectivity index (χ4v) is 2.21. The SMILES string of the molecule is CCOc1ncc(Cn2cncn2)cc1-c1ccc(F)c(F)c1. The standard InChI is InChI=1S/C16H14F2N4O/c1-2-23-16-13(12-3-4-14(17)15(18)6-12)5-11(7-20-16)8-22-10-19-9-21-22/h3-7,9-10H,2,8H2,1H3. The van der Waals surface area contributed by atoms with E-state index in [1.807, 2.05) is 13.0 Å². The molecule has 0 N–H and O–H groups in total. The Morgan fingerprint density at radius 2 is 2.04 bits per heavy atom. The van der Waals surface area contributed by atoms with Crippen LogP contribution >= 0.6 is 0 Å². The first-order valence-electron chi connectivity index (χ1n) is 7.07. The number of hydrogen-bond donors (Lipinski definition) is 0. The highest BCUT2D eigenvalue weighted by molar-refractivity contribution is 5.69. The van der Waals surface area contributed by atoms with Gasteiger partial charge in [-0.1, -0.05) is 6.07 Å². The fraction of sp³-hybridized carbons (Fsp3) is 0.188. The van der Waals surface area contributed by atoms with Gasteiger partial charge in [-0.2, -0.15) is 5.10 Å². The van der Waals surface area contributed by atoms with E-state index >= 15 is 0 Å². The van der Waals surface area contributed by atoms with Crippen LogP contribution in [0.25, 0.3) is 11.1 Å². The summed E-state index contributed by atoms with van der Waals surface area (Å²) in [6.45, 7) is 2.72. The molecule has 0 unspecified atom stereocenters. The van der Waals surface area contributed by atoms with Crippen molar-refractivity contribution in [2.75, 3.05) is 6.61 Å². The largest absolute Gasteiger partial charge is 0.478 e. The molecule has 5 nitrogen and oxygen atoms in total. The third-order valence-corrected chi connectivity index (χ3v) is 3.23. The van der Waals surface area contributed by atoms with E-state index in [1.54, 1.807) is 17.2 Å². The first-order valence-corrected chi connectivity index (χ1v) is 7.07. The van der Waals surface area contributed by atoms with Gasteiger partial charge in [-0.3, -0.25) is 0 Å². The van der Waals surface area contributed by atoms with Gasteiger partial charge in [0, 0.05) is 11.8 Å². The van der Waals surface area contributed by atoms with Gasteiger partial charge in [0.05, 0.1) is 13.2 Å². The Balaban J connectivity index is 2.02. The number of hydrogen-bond acceptors (Lipinski definition) is 4.